The molecule has 2 aliphatic heterocycles. The number of aliphatic hydroxyl groups is 2. The van der Waals surface area contributed by atoms with Crippen LogP contribution in [0.25, 0.3) is 10.4 Å². The van der Waals surface area contributed by atoms with Crippen molar-refractivity contribution in [1.29, 1.82) is 0 Å². The lowest BCUT2D eigenvalue weighted by atomic mass is 10.1. The number of halogens is 1. The third-order valence-electron chi connectivity index (χ3n) is 5.31. The molecule has 182 valence electrons. The maximum Gasteiger partial charge on any atom is 0.475 e. The van der Waals surface area contributed by atoms with Crippen LogP contribution >= 0.6 is 7.82 Å². The first-order valence-electron chi connectivity index (χ1n) is 9.92. The second-order valence-corrected chi connectivity index (χ2v) is 9.08. The van der Waals surface area contributed by atoms with Gasteiger partial charge in [-0.1, -0.05) is 23.3 Å². The molecular weight excluding hydrogens is 480 g/mol. The van der Waals surface area contributed by atoms with Crippen molar-refractivity contribution < 1.29 is 37.5 Å². The van der Waals surface area contributed by atoms with Crippen LogP contribution in [0.3, 0.4) is 0 Å². The van der Waals surface area contributed by atoms with E-state index in [9.17, 15) is 28.8 Å². The van der Waals surface area contributed by atoms with E-state index in [1.807, 2.05) is 4.98 Å². The van der Waals surface area contributed by atoms with Crippen molar-refractivity contribution in [2.24, 2.45) is 5.11 Å². The second-order valence-electron chi connectivity index (χ2n) is 7.45. The fourth-order valence-electron chi connectivity index (χ4n) is 3.63. The average Bonchev–Trinajstić information content (AvgIpc) is 3.04. The Morgan fingerprint density at radius 2 is 2.12 bits per heavy atom. The summed E-state index contributed by atoms with van der Waals surface area (Å²) in [6.07, 6.45) is -5.17. The Kier molecular flexibility index (Phi) is 6.71. The molecule has 34 heavy (non-hydrogen) atoms. The van der Waals surface area contributed by atoms with Gasteiger partial charge in [-0.25, -0.2) is 13.8 Å². The number of phosphoric ester groups is 1. The number of benzene rings is 1. The van der Waals surface area contributed by atoms with Crippen LogP contribution in [0.15, 0.2) is 51.2 Å². The van der Waals surface area contributed by atoms with Crippen molar-refractivity contribution in [3.05, 3.63) is 79.2 Å². The van der Waals surface area contributed by atoms with Gasteiger partial charge >= 0.3 is 13.5 Å². The summed E-state index contributed by atoms with van der Waals surface area (Å²) < 4.78 is 49.1. The van der Waals surface area contributed by atoms with Gasteiger partial charge in [-0.2, -0.15) is 0 Å². The van der Waals surface area contributed by atoms with Gasteiger partial charge < -0.3 is 14.9 Å². The Morgan fingerprint density at radius 3 is 2.82 bits per heavy atom. The molecule has 0 unspecified atom stereocenters. The van der Waals surface area contributed by atoms with Gasteiger partial charge in [0.2, 0.25) is 5.72 Å². The number of nitrogens with zero attached hydrogens (tertiary/aromatic N) is 4. The molecule has 0 spiro atoms. The highest BCUT2D eigenvalue weighted by Gasteiger charge is 2.56. The third-order valence-corrected chi connectivity index (χ3v) is 6.77. The molecule has 2 aromatic rings. The molecule has 1 aromatic heterocycles. The van der Waals surface area contributed by atoms with Crippen molar-refractivity contribution in [3.63, 3.8) is 0 Å². The lowest BCUT2D eigenvalue weighted by molar-refractivity contribution is -0.127. The van der Waals surface area contributed by atoms with Crippen molar-refractivity contribution >= 4 is 7.82 Å². The van der Waals surface area contributed by atoms with Gasteiger partial charge in [-0.3, -0.25) is 27.9 Å². The summed E-state index contributed by atoms with van der Waals surface area (Å²) in [6.45, 7) is -1.04. The van der Waals surface area contributed by atoms with Crippen LogP contribution < -0.4 is 11.2 Å². The molecule has 0 radical (unpaired) electrons. The van der Waals surface area contributed by atoms with E-state index in [-0.39, 0.29) is 18.6 Å². The van der Waals surface area contributed by atoms with E-state index < -0.39 is 61.8 Å². The van der Waals surface area contributed by atoms with E-state index in [2.05, 4.69) is 10.0 Å². The fourth-order valence-corrected chi connectivity index (χ4v) is 5.02. The standard InChI is InChI=1S/C18H19FN5O9P/c19-11-4-2-1-3-10(11)12-6-8-30-34(29,33-12)31-9-18(22-23-20)15(27)14(26)16(32-18)24-7-5-13(25)21-17(24)28/h1-5,7,12,14-16,26-27H,6,8-9H2,(H,21,25,28)/t12-,14-,15+,16-,18-,34+/m1/s1. The Balaban J connectivity index is 1.56. The summed E-state index contributed by atoms with van der Waals surface area (Å²) in [6, 6.07) is 6.68. The van der Waals surface area contributed by atoms with Gasteiger partial charge in [-0.15, -0.1) is 0 Å². The largest absolute Gasteiger partial charge is 0.475 e. The summed E-state index contributed by atoms with van der Waals surface area (Å²) in [4.78, 5) is 27.9. The van der Waals surface area contributed by atoms with E-state index >= 15 is 0 Å². The summed E-state index contributed by atoms with van der Waals surface area (Å²) in [5.41, 5.74) is 5.09. The first-order valence-corrected chi connectivity index (χ1v) is 11.4. The van der Waals surface area contributed by atoms with Gasteiger partial charge in [0.1, 0.15) is 18.0 Å². The number of aliphatic hydroxyl groups excluding tert-OH is 2. The molecule has 0 saturated carbocycles. The first-order chi connectivity index (χ1) is 16.2. The topological polar surface area (TPSA) is 198 Å². The van der Waals surface area contributed by atoms with E-state index in [4.69, 9.17) is 23.8 Å². The number of hydrogen-bond acceptors (Lipinski definition) is 10. The van der Waals surface area contributed by atoms with Crippen LogP contribution in [-0.2, 0) is 22.9 Å². The predicted octanol–water partition coefficient (Wildman–Crippen LogP) is 1.24. The van der Waals surface area contributed by atoms with E-state index in [1.54, 1.807) is 6.07 Å². The SMILES string of the molecule is [N-]=[N+]=N[C@]1(CO[P@]2(=O)OCC[C@H](c3ccccc3F)O2)O[C@@H](n2ccc(=O)[nH]c2=O)[C@H](O)[C@@H]1O. The molecule has 16 heteroatoms. The Bertz CT molecular complexity index is 1280. The van der Waals surface area contributed by atoms with Crippen LogP contribution in [0.2, 0.25) is 0 Å². The van der Waals surface area contributed by atoms with Gasteiger partial charge in [0.25, 0.3) is 5.56 Å². The van der Waals surface area contributed by atoms with Gasteiger partial charge in [0.05, 0.1) is 19.3 Å². The molecule has 6 atom stereocenters. The van der Waals surface area contributed by atoms with Crippen molar-refractivity contribution in [2.45, 2.75) is 36.7 Å². The number of azide groups is 1. The minimum absolute atomic E-state index is 0.119. The molecule has 3 N–H and O–H groups in total. The summed E-state index contributed by atoms with van der Waals surface area (Å²) in [7, 11) is -4.37. The number of rotatable bonds is 6. The number of ether oxygens (including phenoxy) is 1. The van der Waals surface area contributed by atoms with Crippen LogP contribution in [-0.4, -0.2) is 50.9 Å². The molecule has 2 aliphatic rings. The van der Waals surface area contributed by atoms with E-state index in [0.717, 1.165) is 16.8 Å². The lowest BCUT2D eigenvalue weighted by Gasteiger charge is -2.32. The molecule has 3 heterocycles. The highest BCUT2D eigenvalue weighted by Crippen LogP contribution is 2.58. The summed E-state index contributed by atoms with van der Waals surface area (Å²) in [5, 5.41) is 24.4. The number of hydrogen-bond donors (Lipinski definition) is 3. The molecule has 1 aromatic carbocycles. The van der Waals surface area contributed by atoms with Crippen molar-refractivity contribution in [1.82, 2.24) is 9.55 Å². The van der Waals surface area contributed by atoms with Gasteiger partial charge in [0.15, 0.2) is 6.23 Å². The third kappa shape index (κ3) is 4.56. The second kappa shape index (κ2) is 9.41. The Morgan fingerprint density at radius 1 is 1.35 bits per heavy atom. The first kappa shape index (κ1) is 24.3. The van der Waals surface area contributed by atoms with E-state index in [1.165, 1.54) is 18.2 Å². The fraction of sp³-hybridized carbons (Fsp3) is 0.444. The predicted molar refractivity (Wildman–Crippen MR) is 110 cm³/mol. The molecule has 0 amide bonds. The van der Waals surface area contributed by atoms with Gasteiger partial charge in [-0.05, 0) is 11.6 Å². The number of H-pyrrole nitrogens is 1. The molecule has 4 rings (SSSR count). The average molecular weight is 499 g/mol. The van der Waals surface area contributed by atoms with Crippen LogP contribution in [0, 0.1) is 5.82 Å². The van der Waals surface area contributed by atoms with Crippen LogP contribution in [0.1, 0.15) is 24.3 Å². The summed E-state index contributed by atoms with van der Waals surface area (Å²) >= 11 is 0. The molecule has 0 aliphatic carbocycles. The van der Waals surface area contributed by atoms with Crippen molar-refractivity contribution in [2.75, 3.05) is 13.2 Å². The van der Waals surface area contributed by atoms with Crippen molar-refractivity contribution in [3.8, 4) is 0 Å². The monoisotopic (exact) mass is 499 g/mol. The molecular formula is C18H19FN5O9P. The number of phosphoric acid groups is 1. The van der Waals surface area contributed by atoms with E-state index in [0.29, 0.717) is 0 Å². The minimum Gasteiger partial charge on any atom is -0.387 e. The number of aromatic nitrogens is 2. The van der Waals surface area contributed by atoms with Gasteiger partial charge in [0, 0.05) is 29.2 Å². The number of aromatic amines is 1. The molecule has 2 fully saturated rings. The van der Waals surface area contributed by atoms with Crippen LogP contribution in [0.5, 0.6) is 0 Å². The molecule has 0 bridgehead atoms. The zero-order chi connectivity index (χ0) is 24.5. The molecule has 14 nitrogen and oxygen atoms in total. The smallest absolute Gasteiger partial charge is 0.387 e. The highest BCUT2D eigenvalue weighted by molar-refractivity contribution is 7.48. The summed E-state index contributed by atoms with van der Waals surface area (Å²) in [5.74, 6) is -0.585. The zero-order valence-electron chi connectivity index (χ0n) is 17.3. The minimum atomic E-state index is -4.37. The number of nitrogens with one attached hydrogen (secondary N) is 1. The quantitative estimate of drug-likeness (QED) is 0.226. The maximum atomic E-state index is 14.1. The maximum absolute atomic E-state index is 14.1. The zero-order valence-corrected chi connectivity index (χ0v) is 18.2. The normalized spacial score (nSPS) is 33.4. The van der Waals surface area contributed by atoms with Crippen LogP contribution in [0.4, 0.5) is 4.39 Å². The molecule has 2 saturated heterocycles. The Hall–Kier alpha value is -2.87. The Labute approximate surface area is 189 Å². The highest BCUT2D eigenvalue weighted by atomic mass is 31.2. The lowest BCUT2D eigenvalue weighted by Crippen LogP contribution is -2.45.